The zero-order chi connectivity index (χ0) is 17.1. The molecule has 0 spiro atoms. The maximum absolute atomic E-state index is 11.7. The largest absolute Gasteiger partial charge is 0.491 e. The van der Waals surface area contributed by atoms with Gasteiger partial charge in [0.2, 0.25) is 0 Å². The first-order valence-corrected chi connectivity index (χ1v) is 7.93. The average molecular weight is 327 g/mol. The Balaban J connectivity index is 1.94. The third-order valence-electron chi connectivity index (χ3n) is 4.30. The fourth-order valence-electron chi connectivity index (χ4n) is 2.99. The van der Waals surface area contributed by atoms with E-state index >= 15 is 0 Å². The topological polar surface area (TPSA) is 59.0 Å². The average Bonchev–Trinajstić information content (AvgIpc) is 2.81. The minimum Gasteiger partial charge on any atom is -0.491 e. The number of nitrogens with zero attached hydrogens (tertiary/aromatic N) is 1. The summed E-state index contributed by atoms with van der Waals surface area (Å²) in [5.41, 5.74) is 2.47. The second-order valence-corrected chi connectivity index (χ2v) is 5.86. The van der Waals surface area contributed by atoms with Crippen LogP contribution in [0.1, 0.15) is 34.5 Å². The Morgan fingerprint density at radius 3 is 2.71 bits per heavy atom. The van der Waals surface area contributed by atoms with Crippen LogP contribution in [0.3, 0.4) is 0 Å². The molecule has 1 aliphatic rings. The molecule has 0 radical (unpaired) electrons. The van der Waals surface area contributed by atoms with Crippen LogP contribution < -0.4 is 4.74 Å². The van der Waals surface area contributed by atoms with Crippen LogP contribution in [0.25, 0.3) is 0 Å². The van der Waals surface area contributed by atoms with Gasteiger partial charge < -0.3 is 14.6 Å². The van der Waals surface area contributed by atoms with Crippen molar-refractivity contribution in [2.24, 2.45) is 0 Å². The van der Waals surface area contributed by atoms with Gasteiger partial charge >= 0.3 is 5.97 Å². The molecular formula is C19H21NO4. The molecule has 0 bridgehead atoms. The Hall–Kier alpha value is -2.37. The van der Waals surface area contributed by atoms with Crippen molar-refractivity contribution in [3.63, 3.8) is 0 Å². The number of rotatable bonds is 3. The van der Waals surface area contributed by atoms with Gasteiger partial charge in [-0.05, 0) is 24.6 Å². The third-order valence-corrected chi connectivity index (χ3v) is 4.30. The number of carbonyl (C=O) groups is 1. The van der Waals surface area contributed by atoms with E-state index in [0.29, 0.717) is 24.5 Å². The molecule has 0 amide bonds. The van der Waals surface area contributed by atoms with Crippen LogP contribution in [0.5, 0.6) is 5.75 Å². The summed E-state index contributed by atoms with van der Waals surface area (Å²) in [5, 5.41) is 10.2. The minimum atomic E-state index is -0.620. The molecule has 1 aliphatic heterocycles. The summed E-state index contributed by atoms with van der Waals surface area (Å²) in [6, 6.07) is 15.2. The number of ether oxygens (including phenoxy) is 2. The molecule has 0 aromatic heterocycles. The fourth-order valence-corrected chi connectivity index (χ4v) is 2.99. The highest BCUT2D eigenvalue weighted by molar-refractivity contribution is 5.89. The Bertz CT molecular complexity index is 715. The van der Waals surface area contributed by atoms with Crippen molar-refractivity contribution in [3.05, 3.63) is 65.2 Å². The standard InChI is InChI=1S/C19H21NO4/c1-13(21)20-11-16-9-8-15(19(22)23-2)10-18(16)24-12-17(20)14-6-4-3-5-7-14/h3-10,13,17,21H,11-12H2,1-2H3/t13?,17-/m1/s1. The lowest BCUT2D eigenvalue weighted by atomic mass is 10.0. The fraction of sp³-hybridized carbons (Fsp3) is 0.316. The van der Waals surface area contributed by atoms with Gasteiger partial charge in [0.05, 0.1) is 18.7 Å². The lowest BCUT2D eigenvalue weighted by Crippen LogP contribution is -2.37. The highest BCUT2D eigenvalue weighted by Crippen LogP contribution is 2.33. The molecule has 126 valence electrons. The number of benzene rings is 2. The van der Waals surface area contributed by atoms with E-state index in [1.54, 1.807) is 19.1 Å². The molecule has 2 aromatic carbocycles. The van der Waals surface area contributed by atoms with Crippen LogP contribution in [0.2, 0.25) is 0 Å². The van der Waals surface area contributed by atoms with Gasteiger partial charge in [0, 0.05) is 12.1 Å². The summed E-state index contributed by atoms with van der Waals surface area (Å²) in [6.45, 7) is 2.68. The number of hydrogen-bond acceptors (Lipinski definition) is 5. The molecule has 0 saturated carbocycles. The first-order valence-electron chi connectivity index (χ1n) is 7.93. The van der Waals surface area contributed by atoms with E-state index in [1.165, 1.54) is 7.11 Å². The zero-order valence-electron chi connectivity index (χ0n) is 13.8. The molecule has 1 unspecified atom stereocenters. The summed E-state index contributed by atoms with van der Waals surface area (Å²) < 4.78 is 10.7. The summed E-state index contributed by atoms with van der Waals surface area (Å²) in [7, 11) is 1.36. The Morgan fingerprint density at radius 1 is 1.29 bits per heavy atom. The molecule has 2 atom stereocenters. The highest BCUT2D eigenvalue weighted by Gasteiger charge is 2.29. The summed E-state index contributed by atoms with van der Waals surface area (Å²) in [4.78, 5) is 13.7. The van der Waals surface area contributed by atoms with Gasteiger partial charge in [-0.1, -0.05) is 36.4 Å². The minimum absolute atomic E-state index is 0.0693. The van der Waals surface area contributed by atoms with Gasteiger partial charge in [0.25, 0.3) is 0 Å². The van der Waals surface area contributed by atoms with Crippen LogP contribution in [-0.4, -0.2) is 35.9 Å². The van der Waals surface area contributed by atoms with E-state index in [0.717, 1.165) is 11.1 Å². The predicted molar refractivity (Wildman–Crippen MR) is 89.7 cm³/mol. The van der Waals surface area contributed by atoms with Gasteiger partial charge in [-0.3, -0.25) is 4.90 Å². The number of aliphatic hydroxyl groups is 1. The van der Waals surface area contributed by atoms with Crippen molar-refractivity contribution < 1.29 is 19.4 Å². The third kappa shape index (κ3) is 3.27. The molecule has 2 aromatic rings. The van der Waals surface area contributed by atoms with Crippen LogP contribution in [0, 0.1) is 0 Å². The van der Waals surface area contributed by atoms with E-state index in [4.69, 9.17) is 9.47 Å². The van der Waals surface area contributed by atoms with Gasteiger partial charge in [-0.25, -0.2) is 4.79 Å². The quantitative estimate of drug-likeness (QED) is 0.879. The van der Waals surface area contributed by atoms with Crippen LogP contribution >= 0.6 is 0 Å². The SMILES string of the molecule is COC(=O)c1ccc2c(c1)OC[C@H](c1ccccc1)N(C(C)O)C2. The molecule has 0 saturated heterocycles. The molecule has 1 heterocycles. The Labute approximate surface area is 141 Å². The van der Waals surface area contributed by atoms with Crippen molar-refractivity contribution in [1.82, 2.24) is 4.90 Å². The Morgan fingerprint density at radius 2 is 2.04 bits per heavy atom. The van der Waals surface area contributed by atoms with Crippen molar-refractivity contribution in [2.45, 2.75) is 25.7 Å². The van der Waals surface area contributed by atoms with E-state index in [1.807, 2.05) is 41.3 Å². The Kier molecular flexibility index (Phi) is 4.83. The first kappa shape index (κ1) is 16.5. The highest BCUT2D eigenvalue weighted by atomic mass is 16.5. The predicted octanol–water partition coefficient (Wildman–Crippen LogP) is 2.75. The number of aliphatic hydroxyl groups excluding tert-OH is 1. The van der Waals surface area contributed by atoms with E-state index in [2.05, 4.69) is 0 Å². The van der Waals surface area contributed by atoms with E-state index in [9.17, 15) is 9.90 Å². The molecular weight excluding hydrogens is 306 g/mol. The smallest absolute Gasteiger partial charge is 0.337 e. The van der Waals surface area contributed by atoms with Crippen molar-refractivity contribution in [3.8, 4) is 5.75 Å². The molecule has 0 aliphatic carbocycles. The normalized spacial score (nSPS) is 18.9. The summed E-state index contributed by atoms with van der Waals surface area (Å²) >= 11 is 0. The van der Waals surface area contributed by atoms with E-state index in [-0.39, 0.29) is 6.04 Å². The van der Waals surface area contributed by atoms with Crippen molar-refractivity contribution in [2.75, 3.05) is 13.7 Å². The summed E-state index contributed by atoms with van der Waals surface area (Å²) in [6.07, 6.45) is -0.620. The van der Waals surface area contributed by atoms with Crippen molar-refractivity contribution >= 4 is 5.97 Å². The first-order chi connectivity index (χ1) is 11.6. The monoisotopic (exact) mass is 327 g/mol. The maximum atomic E-state index is 11.7. The lowest BCUT2D eigenvalue weighted by Gasteiger charge is -2.31. The number of fused-ring (bicyclic) bond motifs is 1. The number of carbonyl (C=O) groups excluding carboxylic acids is 1. The van der Waals surface area contributed by atoms with Gasteiger partial charge in [0.1, 0.15) is 18.6 Å². The zero-order valence-corrected chi connectivity index (χ0v) is 13.8. The van der Waals surface area contributed by atoms with Crippen LogP contribution in [0.15, 0.2) is 48.5 Å². The second kappa shape index (κ2) is 7.03. The number of hydrogen-bond donors (Lipinski definition) is 1. The van der Waals surface area contributed by atoms with Crippen molar-refractivity contribution in [1.29, 1.82) is 0 Å². The van der Waals surface area contributed by atoms with Gasteiger partial charge in [0.15, 0.2) is 0 Å². The van der Waals surface area contributed by atoms with E-state index < -0.39 is 12.2 Å². The molecule has 3 rings (SSSR count). The van der Waals surface area contributed by atoms with Gasteiger partial charge in [-0.2, -0.15) is 0 Å². The number of esters is 1. The van der Waals surface area contributed by atoms with Crippen LogP contribution in [0.4, 0.5) is 0 Å². The van der Waals surface area contributed by atoms with Crippen LogP contribution in [-0.2, 0) is 11.3 Å². The van der Waals surface area contributed by atoms with Gasteiger partial charge in [-0.15, -0.1) is 0 Å². The molecule has 0 fully saturated rings. The maximum Gasteiger partial charge on any atom is 0.337 e. The number of methoxy groups -OCH3 is 1. The molecule has 5 heteroatoms. The summed E-state index contributed by atoms with van der Waals surface area (Å²) in [5.74, 6) is 0.264. The molecule has 24 heavy (non-hydrogen) atoms. The second-order valence-electron chi connectivity index (χ2n) is 5.86. The molecule has 1 N–H and O–H groups in total. The lowest BCUT2D eigenvalue weighted by molar-refractivity contribution is -0.0255. The molecule has 5 nitrogen and oxygen atoms in total.